The first-order valence-electron chi connectivity index (χ1n) is 7.37. The number of nitrogens with one attached hydrogen (secondary N) is 1. The third-order valence-corrected chi connectivity index (χ3v) is 4.90. The summed E-state index contributed by atoms with van der Waals surface area (Å²) in [6.07, 6.45) is 0. The van der Waals surface area contributed by atoms with Crippen LogP contribution in [-0.4, -0.2) is 25.1 Å². The lowest BCUT2D eigenvalue weighted by atomic mass is 10.1. The van der Waals surface area contributed by atoms with Crippen molar-refractivity contribution in [3.05, 3.63) is 44.7 Å². The molecule has 0 saturated heterocycles. The zero-order valence-corrected chi connectivity index (χ0v) is 16.0. The minimum atomic E-state index is -0.428. The number of anilines is 1. The Hall–Kier alpha value is -1.86. The molecule has 0 radical (unpaired) electrons. The van der Waals surface area contributed by atoms with Gasteiger partial charge in [-0.2, -0.15) is 0 Å². The van der Waals surface area contributed by atoms with Gasteiger partial charge in [-0.25, -0.2) is 4.79 Å². The molecule has 0 fully saturated rings. The fourth-order valence-electron chi connectivity index (χ4n) is 2.03. The number of ether oxygens (including phenoxy) is 2. The highest BCUT2D eigenvalue weighted by Gasteiger charge is 2.22. The summed E-state index contributed by atoms with van der Waals surface area (Å²) in [5.41, 5.74) is 1.23. The second-order valence-corrected chi connectivity index (χ2v) is 7.14. The van der Waals surface area contributed by atoms with E-state index >= 15 is 0 Å². The van der Waals surface area contributed by atoms with Gasteiger partial charge in [-0.05, 0) is 44.5 Å². The lowest BCUT2D eigenvalue weighted by Crippen LogP contribution is -2.21. The number of hydrogen-bond donors (Lipinski definition) is 1. The Bertz CT molecular complexity index is 757. The predicted octanol–water partition coefficient (Wildman–Crippen LogP) is 4.32. The number of aryl methyl sites for hydroxylation is 1. The highest BCUT2D eigenvalue weighted by atomic mass is 79.9. The number of halogens is 1. The van der Waals surface area contributed by atoms with Crippen LogP contribution in [0.5, 0.6) is 5.75 Å². The largest absolute Gasteiger partial charge is 0.484 e. The van der Waals surface area contributed by atoms with Crippen LogP contribution in [0.25, 0.3) is 0 Å². The Morgan fingerprint density at radius 2 is 2.04 bits per heavy atom. The third-order valence-electron chi connectivity index (χ3n) is 3.28. The van der Waals surface area contributed by atoms with Gasteiger partial charge in [-0.3, -0.25) is 4.79 Å². The monoisotopic (exact) mass is 411 g/mol. The average molecular weight is 412 g/mol. The Balaban J connectivity index is 2.06. The Morgan fingerprint density at radius 1 is 1.29 bits per heavy atom. The fourth-order valence-corrected chi connectivity index (χ4v) is 3.48. The summed E-state index contributed by atoms with van der Waals surface area (Å²) in [7, 11) is 0. The van der Waals surface area contributed by atoms with E-state index in [-0.39, 0.29) is 19.1 Å². The van der Waals surface area contributed by atoms with Crippen molar-refractivity contribution in [2.45, 2.75) is 20.8 Å². The van der Waals surface area contributed by atoms with E-state index in [0.717, 1.165) is 14.9 Å². The van der Waals surface area contributed by atoms with Crippen LogP contribution >= 0.6 is 27.3 Å². The van der Waals surface area contributed by atoms with Gasteiger partial charge in [0.15, 0.2) is 6.61 Å². The van der Waals surface area contributed by atoms with Crippen molar-refractivity contribution in [1.29, 1.82) is 0 Å². The quantitative estimate of drug-likeness (QED) is 0.718. The summed E-state index contributed by atoms with van der Waals surface area (Å²) in [5, 5.41) is 3.23. The number of carbonyl (C=O) groups excluding carboxylic acids is 2. The van der Waals surface area contributed by atoms with Crippen LogP contribution in [0.3, 0.4) is 0 Å². The van der Waals surface area contributed by atoms with Gasteiger partial charge in [0.05, 0.1) is 12.2 Å². The van der Waals surface area contributed by atoms with Crippen molar-refractivity contribution < 1.29 is 19.1 Å². The molecule has 0 unspecified atom stereocenters. The van der Waals surface area contributed by atoms with Crippen LogP contribution in [0.4, 0.5) is 5.00 Å². The maximum atomic E-state index is 12.1. The number of benzene rings is 1. The second kappa shape index (κ2) is 8.30. The first-order valence-corrected chi connectivity index (χ1v) is 8.98. The maximum Gasteiger partial charge on any atom is 0.341 e. The predicted molar refractivity (Wildman–Crippen MR) is 98.0 cm³/mol. The van der Waals surface area contributed by atoms with Gasteiger partial charge in [0.25, 0.3) is 5.91 Å². The van der Waals surface area contributed by atoms with Gasteiger partial charge in [0.1, 0.15) is 10.8 Å². The standard InChI is InChI=1S/C17H18BrNO4S/c1-4-22-17(21)15-10(2)11(3)24-16(15)19-14(20)9-23-13-7-5-6-12(18)8-13/h5-8H,4,9H2,1-3H3,(H,19,20). The third kappa shape index (κ3) is 4.58. The van der Waals surface area contributed by atoms with Gasteiger partial charge < -0.3 is 14.8 Å². The molecule has 1 N–H and O–H groups in total. The van der Waals surface area contributed by atoms with Crippen LogP contribution in [0, 0.1) is 13.8 Å². The van der Waals surface area contributed by atoms with Crippen LogP contribution in [0.1, 0.15) is 27.7 Å². The minimum Gasteiger partial charge on any atom is -0.484 e. The molecule has 0 aliphatic carbocycles. The molecule has 0 aliphatic rings. The van der Waals surface area contributed by atoms with E-state index in [0.29, 0.717) is 16.3 Å². The number of carbonyl (C=O) groups is 2. The van der Waals surface area contributed by atoms with E-state index in [1.807, 2.05) is 26.0 Å². The molecule has 128 valence electrons. The van der Waals surface area contributed by atoms with E-state index in [4.69, 9.17) is 9.47 Å². The topological polar surface area (TPSA) is 64.6 Å². The zero-order chi connectivity index (χ0) is 17.7. The summed E-state index contributed by atoms with van der Waals surface area (Å²) in [4.78, 5) is 25.2. The van der Waals surface area contributed by atoms with Crippen LogP contribution < -0.4 is 10.1 Å². The lowest BCUT2D eigenvalue weighted by Gasteiger charge is -2.08. The van der Waals surface area contributed by atoms with Crippen molar-refractivity contribution in [2.75, 3.05) is 18.5 Å². The van der Waals surface area contributed by atoms with Gasteiger partial charge in [-0.15, -0.1) is 11.3 Å². The number of rotatable bonds is 6. The van der Waals surface area contributed by atoms with Crippen molar-refractivity contribution in [3.8, 4) is 5.75 Å². The molecule has 7 heteroatoms. The first-order chi connectivity index (χ1) is 11.4. The van der Waals surface area contributed by atoms with Crippen molar-refractivity contribution in [2.24, 2.45) is 0 Å². The van der Waals surface area contributed by atoms with Gasteiger partial charge in [0.2, 0.25) is 0 Å². The highest BCUT2D eigenvalue weighted by Crippen LogP contribution is 2.33. The normalized spacial score (nSPS) is 10.3. The van der Waals surface area contributed by atoms with Crippen molar-refractivity contribution in [3.63, 3.8) is 0 Å². The van der Waals surface area contributed by atoms with Crippen LogP contribution in [-0.2, 0) is 9.53 Å². The van der Waals surface area contributed by atoms with Gasteiger partial charge >= 0.3 is 5.97 Å². The smallest absolute Gasteiger partial charge is 0.341 e. The minimum absolute atomic E-state index is 0.144. The summed E-state index contributed by atoms with van der Waals surface area (Å²) in [6.45, 7) is 5.62. The molecular formula is C17H18BrNO4S. The molecule has 5 nitrogen and oxygen atoms in total. The molecule has 2 rings (SSSR count). The zero-order valence-electron chi connectivity index (χ0n) is 13.6. The molecule has 0 saturated carbocycles. The number of thiophene rings is 1. The lowest BCUT2D eigenvalue weighted by molar-refractivity contribution is -0.118. The summed E-state index contributed by atoms with van der Waals surface area (Å²) < 4.78 is 11.4. The van der Waals surface area contributed by atoms with Crippen molar-refractivity contribution >= 4 is 44.1 Å². The summed E-state index contributed by atoms with van der Waals surface area (Å²) >= 11 is 4.70. The first kappa shape index (κ1) is 18.5. The summed E-state index contributed by atoms with van der Waals surface area (Å²) in [6, 6.07) is 7.23. The Morgan fingerprint density at radius 3 is 2.71 bits per heavy atom. The second-order valence-electron chi connectivity index (χ2n) is 5.00. The molecule has 24 heavy (non-hydrogen) atoms. The van der Waals surface area contributed by atoms with E-state index < -0.39 is 5.97 Å². The fraction of sp³-hybridized carbons (Fsp3) is 0.294. The molecule has 0 spiro atoms. The molecule has 0 atom stereocenters. The molecule has 0 bridgehead atoms. The molecule has 1 heterocycles. The van der Waals surface area contributed by atoms with E-state index in [9.17, 15) is 9.59 Å². The number of hydrogen-bond acceptors (Lipinski definition) is 5. The average Bonchev–Trinajstić information content (AvgIpc) is 2.80. The van der Waals surface area contributed by atoms with Crippen LogP contribution in [0.2, 0.25) is 0 Å². The maximum absolute atomic E-state index is 12.1. The molecule has 2 aromatic rings. The van der Waals surface area contributed by atoms with E-state index in [2.05, 4.69) is 21.2 Å². The van der Waals surface area contributed by atoms with Gasteiger partial charge in [-0.1, -0.05) is 22.0 Å². The number of esters is 1. The van der Waals surface area contributed by atoms with Crippen molar-refractivity contribution in [1.82, 2.24) is 0 Å². The van der Waals surface area contributed by atoms with Crippen LogP contribution in [0.15, 0.2) is 28.7 Å². The molecule has 1 aromatic carbocycles. The van der Waals surface area contributed by atoms with E-state index in [1.54, 1.807) is 19.1 Å². The Kier molecular flexibility index (Phi) is 6.39. The Labute approximate surface area is 153 Å². The van der Waals surface area contributed by atoms with E-state index in [1.165, 1.54) is 11.3 Å². The highest BCUT2D eigenvalue weighted by molar-refractivity contribution is 9.10. The summed E-state index contributed by atoms with van der Waals surface area (Å²) in [5.74, 6) is -0.173. The van der Waals surface area contributed by atoms with Gasteiger partial charge in [0, 0.05) is 9.35 Å². The SMILES string of the molecule is CCOC(=O)c1c(NC(=O)COc2cccc(Br)c2)sc(C)c1C. The number of amides is 1. The molecule has 1 aromatic heterocycles. The molecule has 1 amide bonds. The molecule has 0 aliphatic heterocycles. The molecular weight excluding hydrogens is 394 g/mol.